The lowest BCUT2D eigenvalue weighted by atomic mass is 10.4. The molecule has 4 nitrogen and oxygen atoms in total. The Balaban J connectivity index is 2.96. The lowest BCUT2D eigenvalue weighted by Gasteiger charge is -2.08. The van der Waals surface area contributed by atoms with Crippen LogP contribution in [0.15, 0.2) is 12.3 Å². The number of nitrogens with zero attached hydrogens (tertiary/aromatic N) is 3. The summed E-state index contributed by atoms with van der Waals surface area (Å²) >= 11 is 5.50. The molecule has 0 N–H and O–H groups in total. The number of halogens is 1. The molecule has 0 unspecified atom stereocenters. The Kier molecular flexibility index (Phi) is 2.60. The van der Waals surface area contributed by atoms with Crippen molar-refractivity contribution in [3.05, 3.63) is 23.2 Å². The van der Waals surface area contributed by atoms with Gasteiger partial charge in [0.1, 0.15) is 5.69 Å². The van der Waals surface area contributed by atoms with Gasteiger partial charge in [-0.15, -0.1) is 0 Å². The quantitative estimate of drug-likeness (QED) is 0.609. The predicted octanol–water partition coefficient (Wildman–Crippen LogP) is 0.832. The first-order valence-corrected chi connectivity index (χ1v) is 3.69. The van der Waals surface area contributed by atoms with Crippen molar-refractivity contribution in [1.82, 2.24) is 14.9 Å². The zero-order valence-corrected chi connectivity index (χ0v) is 7.54. The number of carbonyl (C=O) groups excluding carboxylic acids is 1. The molecular formula is C7H8ClN3O. The van der Waals surface area contributed by atoms with Crippen molar-refractivity contribution in [2.24, 2.45) is 0 Å². The van der Waals surface area contributed by atoms with E-state index in [9.17, 15) is 4.79 Å². The minimum Gasteiger partial charge on any atom is -0.343 e. The molecule has 0 saturated heterocycles. The Labute approximate surface area is 75.2 Å². The van der Waals surface area contributed by atoms with Gasteiger partial charge in [0.25, 0.3) is 5.91 Å². The van der Waals surface area contributed by atoms with Gasteiger partial charge in [0.2, 0.25) is 5.28 Å². The number of rotatable bonds is 1. The van der Waals surface area contributed by atoms with Gasteiger partial charge in [0.05, 0.1) is 0 Å². The highest BCUT2D eigenvalue weighted by Gasteiger charge is 2.09. The Morgan fingerprint density at radius 3 is 2.75 bits per heavy atom. The van der Waals surface area contributed by atoms with Gasteiger partial charge in [-0.3, -0.25) is 4.79 Å². The Hall–Kier alpha value is -1.16. The third kappa shape index (κ3) is 1.92. The van der Waals surface area contributed by atoms with Crippen molar-refractivity contribution in [1.29, 1.82) is 0 Å². The van der Waals surface area contributed by atoms with Crippen molar-refractivity contribution >= 4 is 17.5 Å². The van der Waals surface area contributed by atoms with E-state index in [2.05, 4.69) is 9.97 Å². The van der Waals surface area contributed by atoms with Crippen molar-refractivity contribution in [3.63, 3.8) is 0 Å². The fourth-order valence-electron chi connectivity index (χ4n) is 0.683. The average Bonchev–Trinajstić information content (AvgIpc) is 2.03. The van der Waals surface area contributed by atoms with E-state index in [1.54, 1.807) is 14.1 Å². The van der Waals surface area contributed by atoms with E-state index in [0.717, 1.165) is 0 Å². The molecule has 0 radical (unpaired) electrons. The minimum absolute atomic E-state index is 0.0858. The highest BCUT2D eigenvalue weighted by molar-refractivity contribution is 6.28. The summed E-state index contributed by atoms with van der Waals surface area (Å²) in [6.45, 7) is 0. The van der Waals surface area contributed by atoms with Gasteiger partial charge in [-0.05, 0) is 17.7 Å². The molecule has 0 aliphatic carbocycles. The summed E-state index contributed by atoms with van der Waals surface area (Å²) < 4.78 is 0. The van der Waals surface area contributed by atoms with Crippen LogP contribution in [0.2, 0.25) is 5.28 Å². The van der Waals surface area contributed by atoms with Crippen LogP contribution >= 0.6 is 11.6 Å². The molecule has 0 aliphatic rings. The molecule has 1 aromatic rings. The van der Waals surface area contributed by atoms with E-state index in [1.165, 1.54) is 17.2 Å². The SMILES string of the molecule is CN(C)C(=O)c1ccnc(Cl)n1. The van der Waals surface area contributed by atoms with Crippen LogP contribution in [0.4, 0.5) is 0 Å². The molecule has 0 aliphatic heterocycles. The largest absolute Gasteiger partial charge is 0.343 e. The Morgan fingerprint density at radius 2 is 2.25 bits per heavy atom. The van der Waals surface area contributed by atoms with Crippen LogP contribution in [0.3, 0.4) is 0 Å². The lowest BCUT2D eigenvalue weighted by Crippen LogP contribution is -2.22. The zero-order valence-electron chi connectivity index (χ0n) is 6.78. The third-order valence-corrected chi connectivity index (χ3v) is 1.43. The fraction of sp³-hybridized carbons (Fsp3) is 0.286. The van der Waals surface area contributed by atoms with Crippen LogP contribution in [0.5, 0.6) is 0 Å². The van der Waals surface area contributed by atoms with Crippen LogP contribution in [0.25, 0.3) is 0 Å². The molecule has 64 valence electrons. The number of carbonyl (C=O) groups is 1. The normalized spacial score (nSPS) is 9.58. The van der Waals surface area contributed by atoms with Crippen LogP contribution < -0.4 is 0 Å². The first-order valence-electron chi connectivity index (χ1n) is 3.31. The maximum Gasteiger partial charge on any atom is 0.272 e. The Bertz CT molecular complexity index is 300. The van der Waals surface area contributed by atoms with Crippen LogP contribution in [-0.4, -0.2) is 34.9 Å². The van der Waals surface area contributed by atoms with E-state index in [-0.39, 0.29) is 11.2 Å². The average molecular weight is 186 g/mol. The molecule has 0 saturated carbocycles. The summed E-state index contributed by atoms with van der Waals surface area (Å²) in [6.07, 6.45) is 1.45. The highest BCUT2D eigenvalue weighted by Crippen LogP contribution is 2.02. The summed E-state index contributed by atoms with van der Waals surface area (Å²) in [5.74, 6) is -0.181. The Morgan fingerprint density at radius 1 is 1.58 bits per heavy atom. The lowest BCUT2D eigenvalue weighted by molar-refractivity contribution is 0.0822. The second-order valence-corrected chi connectivity index (χ2v) is 2.75. The topological polar surface area (TPSA) is 46.1 Å². The standard InChI is InChI=1S/C7H8ClN3O/c1-11(2)6(12)5-3-4-9-7(8)10-5/h3-4H,1-2H3. The molecule has 1 rings (SSSR count). The predicted molar refractivity (Wildman–Crippen MR) is 45.1 cm³/mol. The highest BCUT2D eigenvalue weighted by atomic mass is 35.5. The number of aromatic nitrogens is 2. The number of hydrogen-bond donors (Lipinski definition) is 0. The van der Waals surface area contributed by atoms with Gasteiger partial charge < -0.3 is 4.90 Å². The van der Waals surface area contributed by atoms with Crippen LogP contribution in [0.1, 0.15) is 10.5 Å². The van der Waals surface area contributed by atoms with E-state index in [0.29, 0.717) is 5.69 Å². The van der Waals surface area contributed by atoms with Gasteiger partial charge in [-0.1, -0.05) is 0 Å². The van der Waals surface area contributed by atoms with Crippen molar-refractivity contribution in [3.8, 4) is 0 Å². The maximum atomic E-state index is 11.3. The van der Waals surface area contributed by atoms with E-state index in [1.807, 2.05) is 0 Å². The molecule has 5 heteroatoms. The molecule has 0 bridgehead atoms. The minimum atomic E-state index is -0.181. The molecule has 1 amide bonds. The first-order chi connectivity index (χ1) is 5.61. The fourth-order valence-corrected chi connectivity index (χ4v) is 0.831. The third-order valence-electron chi connectivity index (χ3n) is 1.25. The van der Waals surface area contributed by atoms with E-state index in [4.69, 9.17) is 11.6 Å². The van der Waals surface area contributed by atoms with Gasteiger partial charge >= 0.3 is 0 Å². The second-order valence-electron chi connectivity index (χ2n) is 2.41. The summed E-state index contributed by atoms with van der Waals surface area (Å²) in [4.78, 5) is 20.1. The summed E-state index contributed by atoms with van der Waals surface area (Å²) in [5, 5.41) is 0.0858. The monoisotopic (exact) mass is 185 g/mol. The van der Waals surface area contributed by atoms with Crippen molar-refractivity contribution in [2.45, 2.75) is 0 Å². The van der Waals surface area contributed by atoms with Gasteiger partial charge in [-0.25, -0.2) is 9.97 Å². The molecule has 0 fully saturated rings. The number of amides is 1. The van der Waals surface area contributed by atoms with Crippen LogP contribution in [-0.2, 0) is 0 Å². The maximum absolute atomic E-state index is 11.3. The molecule has 12 heavy (non-hydrogen) atoms. The smallest absolute Gasteiger partial charge is 0.272 e. The van der Waals surface area contributed by atoms with E-state index < -0.39 is 0 Å². The second kappa shape index (κ2) is 3.49. The zero-order chi connectivity index (χ0) is 9.14. The molecule has 1 aromatic heterocycles. The number of hydrogen-bond acceptors (Lipinski definition) is 3. The van der Waals surface area contributed by atoms with Gasteiger partial charge in [0.15, 0.2) is 0 Å². The van der Waals surface area contributed by atoms with Crippen molar-refractivity contribution < 1.29 is 4.79 Å². The van der Waals surface area contributed by atoms with E-state index >= 15 is 0 Å². The van der Waals surface area contributed by atoms with Crippen LogP contribution in [0, 0.1) is 0 Å². The summed E-state index contributed by atoms with van der Waals surface area (Å²) in [7, 11) is 3.30. The summed E-state index contributed by atoms with van der Waals surface area (Å²) in [5.41, 5.74) is 0.306. The summed E-state index contributed by atoms with van der Waals surface area (Å²) in [6, 6.07) is 1.52. The molecule has 0 atom stereocenters. The molecule has 0 spiro atoms. The van der Waals surface area contributed by atoms with Gasteiger partial charge in [0, 0.05) is 20.3 Å². The molecular weight excluding hydrogens is 178 g/mol. The van der Waals surface area contributed by atoms with Crippen molar-refractivity contribution in [2.75, 3.05) is 14.1 Å². The first kappa shape index (κ1) is 8.93. The molecule has 1 heterocycles. The van der Waals surface area contributed by atoms with Gasteiger partial charge in [-0.2, -0.15) is 0 Å². The molecule has 0 aromatic carbocycles.